The number of hydrogen-bond donors (Lipinski definition) is 0. The zero-order valence-corrected chi connectivity index (χ0v) is 11.2. The zero-order valence-electron chi connectivity index (χ0n) is 10.4. The highest BCUT2D eigenvalue weighted by Crippen LogP contribution is 2.16. The van der Waals surface area contributed by atoms with E-state index in [1.54, 1.807) is 0 Å². The Balaban J connectivity index is 1.79. The van der Waals surface area contributed by atoms with Crippen molar-refractivity contribution in [2.75, 3.05) is 19.6 Å². The second kappa shape index (κ2) is 6.23. The van der Waals surface area contributed by atoms with Crippen molar-refractivity contribution < 1.29 is 0 Å². The summed E-state index contributed by atoms with van der Waals surface area (Å²) in [5, 5.41) is 0.798. The lowest BCUT2D eigenvalue weighted by Gasteiger charge is -2.29. The van der Waals surface area contributed by atoms with Crippen molar-refractivity contribution in [3.63, 3.8) is 0 Å². The first-order valence-corrected chi connectivity index (χ1v) is 6.76. The van der Waals surface area contributed by atoms with Crippen LogP contribution in [0, 0.1) is 5.92 Å². The molecule has 1 fully saturated rings. The Morgan fingerprint density at radius 3 is 2.53 bits per heavy atom. The van der Waals surface area contributed by atoms with Gasteiger partial charge in [-0.2, -0.15) is 0 Å². The fourth-order valence-electron chi connectivity index (χ4n) is 2.16. The third-order valence-electron chi connectivity index (χ3n) is 3.42. The topological polar surface area (TPSA) is 3.24 Å². The van der Waals surface area contributed by atoms with Gasteiger partial charge in [0, 0.05) is 11.6 Å². The van der Waals surface area contributed by atoms with Crippen LogP contribution in [0.25, 0.3) is 6.08 Å². The number of piperidine rings is 1. The molecule has 1 aromatic rings. The molecule has 0 saturated carbocycles. The van der Waals surface area contributed by atoms with Crippen LogP contribution in [0.4, 0.5) is 0 Å². The number of rotatable bonds is 3. The summed E-state index contributed by atoms with van der Waals surface area (Å²) in [5.74, 6) is 0.909. The summed E-state index contributed by atoms with van der Waals surface area (Å²) in [5.41, 5.74) is 1.22. The quantitative estimate of drug-likeness (QED) is 0.780. The first-order valence-electron chi connectivity index (χ1n) is 6.38. The summed E-state index contributed by atoms with van der Waals surface area (Å²) < 4.78 is 0. The molecular weight excluding hydrogens is 230 g/mol. The third kappa shape index (κ3) is 4.18. The molecule has 0 aromatic heterocycles. The Hall–Kier alpha value is -0.790. The normalized spacial score (nSPS) is 18.9. The molecule has 0 spiro atoms. The van der Waals surface area contributed by atoms with Crippen LogP contribution >= 0.6 is 11.6 Å². The molecule has 1 saturated heterocycles. The van der Waals surface area contributed by atoms with Gasteiger partial charge in [-0.05, 0) is 49.5 Å². The summed E-state index contributed by atoms with van der Waals surface area (Å²) in [4.78, 5) is 2.52. The molecule has 0 amide bonds. The number of likely N-dealkylation sites (tertiary alicyclic amines) is 1. The highest BCUT2D eigenvalue weighted by molar-refractivity contribution is 6.30. The maximum Gasteiger partial charge on any atom is 0.0406 e. The van der Waals surface area contributed by atoms with Gasteiger partial charge >= 0.3 is 0 Å². The van der Waals surface area contributed by atoms with Gasteiger partial charge in [0.25, 0.3) is 0 Å². The van der Waals surface area contributed by atoms with Gasteiger partial charge in [-0.3, -0.25) is 4.90 Å². The van der Waals surface area contributed by atoms with Crippen molar-refractivity contribution in [2.45, 2.75) is 19.8 Å². The number of nitrogens with zero attached hydrogens (tertiary/aromatic N) is 1. The van der Waals surface area contributed by atoms with E-state index in [4.69, 9.17) is 11.6 Å². The fraction of sp³-hybridized carbons (Fsp3) is 0.467. The molecular formula is C15H20ClN. The molecule has 1 nitrogen and oxygen atoms in total. The largest absolute Gasteiger partial charge is 0.300 e. The number of benzene rings is 1. The summed E-state index contributed by atoms with van der Waals surface area (Å²) in [6.45, 7) is 5.90. The van der Waals surface area contributed by atoms with Crippen LogP contribution in [-0.2, 0) is 0 Å². The second-order valence-electron chi connectivity index (χ2n) is 4.94. The van der Waals surface area contributed by atoms with Crippen LogP contribution in [0.2, 0.25) is 5.02 Å². The van der Waals surface area contributed by atoms with Crippen molar-refractivity contribution in [1.82, 2.24) is 4.90 Å². The van der Waals surface area contributed by atoms with E-state index in [1.807, 2.05) is 12.1 Å². The van der Waals surface area contributed by atoms with Gasteiger partial charge in [0.15, 0.2) is 0 Å². The van der Waals surface area contributed by atoms with E-state index in [1.165, 1.54) is 31.5 Å². The Bertz CT molecular complexity index is 361. The second-order valence-corrected chi connectivity index (χ2v) is 5.37. The van der Waals surface area contributed by atoms with E-state index in [0.717, 1.165) is 17.5 Å². The summed E-state index contributed by atoms with van der Waals surface area (Å²) >= 11 is 5.85. The summed E-state index contributed by atoms with van der Waals surface area (Å²) in [6.07, 6.45) is 7.11. The van der Waals surface area contributed by atoms with Crippen molar-refractivity contribution >= 4 is 17.7 Å². The molecule has 1 aliphatic rings. The highest BCUT2D eigenvalue weighted by atomic mass is 35.5. The molecule has 0 atom stereocenters. The Labute approximate surface area is 109 Å². The van der Waals surface area contributed by atoms with Gasteiger partial charge < -0.3 is 0 Å². The maximum atomic E-state index is 5.85. The average Bonchev–Trinajstić information content (AvgIpc) is 2.34. The molecule has 1 aliphatic heterocycles. The van der Waals surface area contributed by atoms with E-state index < -0.39 is 0 Å². The SMILES string of the molecule is CC1CCN(CC=Cc2ccc(Cl)cc2)CC1. The number of halogens is 1. The van der Waals surface area contributed by atoms with Gasteiger partial charge in [-0.1, -0.05) is 42.8 Å². The molecule has 2 heteroatoms. The van der Waals surface area contributed by atoms with E-state index in [0.29, 0.717) is 0 Å². The Morgan fingerprint density at radius 2 is 1.88 bits per heavy atom. The first-order chi connectivity index (χ1) is 8.24. The van der Waals surface area contributed by atoms with Gasteiger partial charge in [0.1, 0.15) is 0 Å². The lowest BCUT2D eigenvalue weighted by Crippen LogP contribution is -2.32. The molecule has 0 radical (unpaired) electrons. The van der Waals surface area contributed by atoms with Crippen molar-refractivity contribution in [2.24, 2.45) is 5.92 Å². The first kappa shape index (κ1) is 12.7. The van der Waals surface area contributed by atoms with Crippen LogP contribution in [0.5, 0.6) is 0 Å². The highest BCUT2D eigenvalue weighted by Gasteiger charge is 2.13. The van der Waals surface area contributed by atoms with Crippen molar-refractivity contribution in [3.8, 4) is 0 Å². The number of hydrogen-bond acceptors (Lipinski definition) is 1. The zero-order chi connectivity index (χ0) is 12.1. The molecule has 0 bridgehead atoms. The van der Waals surface area contributed by atoms with E-state index in [9.17, 15) is 0 Å². The third-order valence-corrected chi connectivity index (χ3v) is 3.67. The Morgan fingerprint density at radius 1 is 1.24 bits per heavy atom. The van der Waals surface area contributed by atoms with Crippen LogP contribution in [0.1, 0.15) is 25.3 Å². The van der Waals surface area contributed by atoms with Crippen molar-refractivity contribution in [3.05, 3.63) is 40.9 Å². The summed E-state index contributed by atoms with van der Waals surface area (Å²) in [6, 6.07) is 7.97. The predicted octanol–water partition coefficient (Wildman–Crippen LogP) is 4.09. The van der Waals surface area contributed by atoms with Gasteiger partial charge in [0.05, 0.1) is 0 Å². The van der Waals surface area contributed by atoms with Crippen molar-refractivity contribution in [1.29, 1.82) is 0 Å². The van der Waals surface area contributed by atoms with Gasteiger partial charge in [-0.25, -0.2) is 0 Å². The van der Waals surface area contributed by atoms with Crippen LogP contribution in [-0.4, -0.2) is 24.5 Å². The molecule has 0 unspecified atom stereocenters. The van der Waals surface area contributed by atoms with Gasteiger partial charge in [0.2, 0.25) is 0 Å². The van der Waals surface area contributed by atoms with E-state index >= 15 is 0 Å². The molecule has 0 aliphatic carbocycles. The molecule has 1 heterocycles. The average molecular weight is 250 g/mol. The lowest BCUT2D eigenvalue weighted by molar-refractivity contribution is 0.210. The maximum absolute atomic E-state index is 5.85. The standard InChI is InChI=1S/C15H20ClN/c1-13-8-11-17(12-9-13)10-2-3-14-4-6-15(16)7-5-14/h2-7,13H,8-12H2,1H3. The molecule has 17 heavy (non-hydrogen) atoms. The minimum absolute atomic E-state index is 0.798. The smallest absolute Gasteiger partial charge is 0.0406 e. The van der Waals surface area contributed by atoms with E-state index in [-0.39, 0.29) is 0 Å². The molecule has 0 N–H and O–H groups in total. The van der Waals surface area contributed by atoms with E-state index in [2.05, 4.69) is 36.1 Å². The van der Waals surface area contributed by atoms with Crippen LogP contribution < -0.4 is 0 Å². The molecule has 1 aromatic carbocycles. The van der Waals surface area contributed by atoms with Crippen LogP contribution in [0.3, 0.4) is 0 Å². The molecule has 2 rings (SSSR count). The monoisotopic (exact) mass is 249 g/mol. The lowest BCUT2D eigenvalue weighted by atomic mass is 9.99. The van der Waals surface area contributed by atoms with Crippen LogP contribution in [0.15, 0.2) is 30.3 Å². The Kier molecular flexibility index (Phi) is 4.64. The molecule has 92 valence electrons. The minimum Gasteiger partial charge on any atom is -0.300 e. The van der Waals surface area contributed by atoms with Gasteiger partial charge in [-0.15, -0.1) is 0 Å². The minimum atomic E-state index is 0.798. The fourth-order valence-corrected chi connectivity index (χ4v) is 2.28. The predicted molar refractivity (Wildman–Crippen MR) is 75.3 cm³/mol. The summed E-state index contributed by atoms with van der Waals surface area (Å²) in [7, 11) is 0.